The van der Waals surface area contributed by atoms with E-state index in [2.05, 4.69) is 18.6 Å². The monoisotopic (exact) mass is 466 g/mol. The van der Waals surface area contributed by atoms with E-state index in [0.29, 0.717) is 17.2 Å². The Morgan fingerprint density at radius 1 is 0.806 bits per heavy atom. The normalized spacial score (nSPS) is 12.8. The fourth-order valence-electron chi connectivity index (χ4n) is 3.45. The standard InChI is InChI=1S/C23H34N2O4S2/c1-15(2)19-13-21(16(3)4)23(22(14-19)17(5)6)31(28,29)25-12-11-18-7-9-20(10-8-18)30(24,26)27/h7-10,13-17,25H,11-12H2,1-6H3,(H2,24,26,27). The maximum atomic E-state index is 13.3. The van der Waals surface area contributed by atoms with E-state index in [1.165, 1.54) is 12.1 Å². The SMILES string of the molecule is CC(C)c1cc(C(C)C)c(S(=O)(=O)NCCc2ccc(S(N)(=O)=O)cc2)c(C(C)C)c1. The van der Waals surface area contributed by atoms with Gasteiger partial charge in [0.15, 0.2) is 0 Å². The fourth-order valence-corrected chi connectivity index (χ4v) is 5.69. The van der Waals surface area contributed by atoms with Crippen molar-refractivity contribution in [2.75, 3.05) is 6.54 Å². The smallest absolute Gasteiger partial charge is 0.225 e. The van der Waals surface area contributed by atoms with Crippen LogP contribution in [-0.2, 0) is 26.5 Å². The molecule has 0 unspecified atom stereocenters. The lowest BCUT2D eigenvalue weighted by atomic mass is 9.89. The van der Waals surface area contributed by atoms with Crippen LogP contribution in [0.1, 0.15) is 81.5 Å². The van der Waals surface area contributed by atoms with Gasteiger partial charge in [-0.3, -0.25) is 0 Å². The third-order valence-corrected chi connectivity index (χ3v) is 7.83. The van der Waals surface area contributed by atoms with Gasteiger partial charge in [-0.05, 0) is 58.6 Å². The maximum Gasteiger partial charge on any atom is 0.241 e. The van der Waals surface area contributed by atoms with Crippen molar-refractivity contribution >= 4 is 20.0 Å². The lowest BCUT2D eigenvalue weighted by molar-refractivity contribution is 0.576. The van der Waals surface area contributed by atoms with Crippen LogP contribution in [0.15, 0.2) is 46.2 Å². The van der Waals surface area contributed by atoms with E-state index >= 15 is 0 Å². The first-order valence-corrected chi connectivity index (χ1v) is 13.6. The minimum absolute atomic E-state index is 0.0326. The second kappa shape index (κ2) is 9.81. The van der Waals surface area contributed by atoms with Gasteiger partial charge >= 0.3 is 0 Å². The fraction of sp³-hybridized carbons (Fsp3) is 0.478. The van der Waals surface area contributed by atoms with Gasteiger partial charge in [0.2, 0.25) is 20.0 Å². The molecule has 0 heterocycles. The van der Waals surface area contributed by atoms with Gasteiger partial charge in [-0.15, -0.1) is 0 Å². The first-order chi connectivity index (χ1) is 14.2. The number of hydrogen-bond donors (Lipinski definition) is 2. The number of hydrogen-bond acceptors (Lipinski definition) is 4. The zero-order valence-electron chi connectivity index (χ0n) is 19.1. The van der Waals surface area contributed by atoms with Gasteiger partial charge in [-0.2, -0.15) is 0 Å². The van der Waals surface area contributed by atoms with Crippen LogP contribution in [0.4, 0.5) is 0 Å². The Hall–Kier alpha value is -1.74. The Balaban J connectivity index is 2.32. The zero-order chi connectivity index (χ0) is 23.6. The van der Waals surface area contributed by atoms with Crippen molar-refractivity contribution in [2.24, 2.45) is 5.14 Å². The molecule has 0 bridgehead atoms. The van der Waals surface area contributed by atoms with E-state index in [1.807, 2.05) is 39.8 Å². The third-order valence-electron chi connectivity index (χ3n) is 5.31. The van der Waals surface area contributed by atoms with Crippen LogP contribution in [0, 0.1) is 0 Å². The Morgan fingerprint density at radius 3 is 1.68 bits per heavy atom. The largest absolute Gasteiger partial charge is 0.241 e. The Morgan fingerprint density at radius 2 is 1.29 bits per heavy atom. The summed E-state index contributed by atoms with van der Waals surface area (Å²) in [5, 5.41) is 5.12. The van der Waals surface area contributed by atoms with E-state index in [0.717, 1.165) is 22.3 Å². The van der Waals surface area contributed by atoms with Crippen LogP contribution in [0.3, 0.4) is 0 Å². The van der Waals surface area contributed by atoms with Crippen LogP contribution >= 0.6 is 0 Å². The summed E-state index contributed by atoms with van der Waals surface area (Å²) >= 11 is 0. The summed E-state index contributed by atoms with van der Waals surface area (Å²) < 4.78 is 52.1. The molecule has 0 amide bonds. The van der Waals surface area contributed by atoms with Gasteiger partial charge in [0.25, 0.3) is 0 Å². The Bertz CT molecular complexity index is 1090. The number of sulfonamides is 2. The highest BCUT2D eigenvalue weighted by molar-refractivity contribution is 7.89. The van der Waals surface area contributed by atoms with Crippen LogP contribution < -0.4 is 9.86 Å². The predicted molar refractivity (Wildman–Crippen MR) is 125 cm³/mol. The van der Waals surface area contributed by atoms with Crippen molar-refractivity contribution in [3.63, 3.8) is 0 Å². The first kappa shape index (κ1) is 25.5. The molecule has 31 heavy (non-hydrogen) atoms. The molecule has 2 aromatic rings. The molecule has 0 saturated carbocycles. The van der Waals surface area contributed by atoms with Gasteiger partial charge in [0, 0.05) is 6.54 Å². The first-order valence-electron chi connectivity index (χ1n) is 10.5. The van der Waals surface area contributed by atoms with Crippen molar-refractivity contribution in [1.29, 1.82) is 0 Å². The third kappa shape index (κ3) is 6.38. The van der Waals surface area contributed by atoms with Gasteiger partial charge in [-0.1, -0.05) is 65.8 Å². The Kier molecular flexibility index (Phi) is 8.08. The predicted octanol–water partition coefficient (Wildman–Crippen LogP) is 4.23. The van der Waals surface area contributed by atoms with E-state index in [1.54, 1.807) is 12.1 Å². The summed E-state index contributed by atoms with van der Waals surface area (Å²) in [4.78, 5) is 0.414. The number of primary sulfonamides is 1. The van der Waals surface area contributed by atoms with Crippen LogP contribution in [0.5, 0.6) is 0 Å². The molecular formula is C23H34N2O4S2. The van der Waals surface area contributed by atoms with E-state index < -0.39 is 20.0 Å². The quantitative estimate of drug-likeness (QED) is 0.577. The maximum absolute atomic E-state index is 13.3. The molecular weight excluding hydrogens is 432 g/mol. The molecule has 0 aliphatic heterocycles. The lowest BCUT2D eigenvalue weighted by Gasteiger charge is -2.23. The molecule has 2 rings (SSSR count). The van der Waals surface area contributed by atoms with Crippen molar-refractivity contribution in [2.45, 2.75) is 75.5 Å². The zero-order valence-corrected chi connectivity index (χ0v) is 20.8. The molecule has 0 aromatic heterocycles. The molecule has 0 saturated heterocycles. The number of rotatable bonds is 9. The van der Waals surface area contributed by atoms with Crippen molar-refractivity contribution < 1.29 is 16.8 Å². The molecule has 0 fully saturated rings. The average Bonchev–Trinajstić information content (AvgIpc) is 2.66. The number of nitrogens with one attached hydrogen (secondary N) is 1. The highest BCUT2D eigenvalue weighted by atomic mass is 32.2. The molecule has 0 spiro atoms. The minimum atomic E-state index is -3.75. The average molecular weight is 467 g/mol. The molecule has 0 radical (unpaired) electrons. The summed E-state index contributed by atoms with van der Waals surface area (Å²) in [6, 6.07) is 10.2. The minimum Gasteiger partial charge on any atom is -0.225 e. The number of nitrogens with two attached hydrogens (primary N) is 1. The summed E-state index contributed by atoms with van der Waals surface area (Å²) in [6.45, 7) is 12.5. The van der Waals surface area contributed by atoms with Crippen LogP contribution in [0.25, 0.3) is 0 Å². The van der Waals surface area contributed by atoms with Crippen molar-refractivity contribution in [3.05, 3.63) is 58.7 Å². The van der Waals surface area contributed by atoms with E-state index in [-0.39, 0.29) is 23.3 Å². The van der Waals surface area contributed by atoms with Crippen molar-refractivity contribution in [1.82, 2.24) is 4.72 Å². The molecule has 3 N–H and O–H groups in total. The van der Waals surface area contributed by atoms with Crippen LogP contribution in [0.2, 0.25) is 0 Å². The molecule has 172 valence electrons. The highest BCUT2D eigenvalue weighted by Crippen LogP contribution is 2.35. The highest BCUT2D eigenvalue weighted by Gasteiger charge is 2.26. The van der Waals surface area contributed by atoms with Gasteiger partial charge in [-0.25, -0.2) is 26.7 Å². The van der Waals surface area contributed by atoms with Gasteiger partial charge in [0.05, 0.1) is 9.79 Å². The topological polar surface area (TPSA) is 106 Å². The second-order valence-corrected chi connectivity index (χ2v) is 12.1. The molecule has 0 atom stereocenters. The second-order valence-electron chi connectivity index (χ2n) is 8.83. The summed E-state index contributed by atoms with van der Waals surface area (Å²) in [5.41, 5.74) is 3.62. The molecule has 2 aromatic carbocycles. The van der Waals surface area contributed by atoms with E-state index in [4.69, 9.17) is 5.14 Å². The van der Waals surface area contributed by atoms with Gasteiger partial charge < -0.3 is 0 Å². The molecule has 8 heteroatoms. The van der Waals surface area contributed by atoms with Crippen molar-refractivity contribution in [3.8, 4) is 0 Å². The summed E-state index contributed by atoms with van der Waals surface area (Å²) in [6.07, 6.45) is 0.433. The number of benzene rings is 2. The lowest BCUT2D eigenvalue weighted by Crippen LogP contribution is -2.28. The van der Waals surface area contributed by atoms with Crippen LogP contribution in [-0.4, -0.2) is 23.4 Å². The summed E-state index contributed by atoms with van der Waals surface area (Å²) in [5.74, 6) is 0.432. The van der Waals surface area contributed by atoms with Gasteiger partial charge in [0.1, 0.15) is 0 Å². The molecule has 0 aliphatic carbocycles. The molecule has 0 aliphatic rings. The summed E-state index contributed by atoms with van der Waals surface area (Å²) in [7, 11) is -7.47. The Labute approximate surface area is 187 Å². The molecule has 6 nitrogen and oxygen atoms in total. The van der Waals surface area contributed by atoms with E-state index in [9.17, 15) is 16.8 Å².